The number of carbonyl (C=O) groups is 1. The van der Waals surface area contributed by atoms with Crippen LogP contribution >= 0.6 is 11.6 Å². The van der Waals surface area contributed by atoms with E-state index in [-0.39, 0.29) is 5.91 Å². The zero-order valence-electron chi connectivity index (χ0n) is 15.9. The lowest BCUT2D eigenvalue weighted by Crippen LogP contribution is -2.35. The molecule has 0 aliphatic carbocycles. The maximum atomic E-state index is 12.7. The Morgan fingerprint density at radius 2 is 1.75 bits per heavy atom. The standard InChI is InChI=1S/C21H25ClN2O3S/c1-16-15-18(22)8-11-20(16)23-21(25)12-7-17-5-9-19(10-6-17)28(26,27)24-13-3-2-4-14-24/h5-6,8-11,15H,2-4,7,12-14H2,1H3,(H,23,25). The first-order valence-electron chi connectivity index (χ1n) is 9.51. The normalized spacial score (nSPS) is 15.4. The lowest BCUT2D eigenvalue weighted by molar-refractivity contribution is -0.116. The molecule has 28 heavy (non-hydrogen) atoms. The predicted octanol–water partition coefficient (Wildman–Crippen LogP) is 4.39. The van der Waals surface area contributed by atoms with Gasteiger partial charge in [0.25, 0.3) is 0 Å². The molecule has 0 saturated carbocycles. The lowest BCUT2D eigenvalue weighted by atomic mass is 10.1. The van der Waals surface area contributed by atoms with E-state index < -0.39 is 10.0 Å². The van der Waals surface area contributed by atoms with Crippen LogP contribution in [0.3, 0.4) is 0 Å². The van der Waals surface area contributed by atoms with Crippen molar-refractivity contribution in [2.45, 2.75) is 43.9 Å². The fourth-order valence-corrected chi connectivity index (χ4v) is 5.06. The van der Waals surface area contributed by atoms with Crippen LogP contribution in [0.5, 0.6) is 0 Å². The Bertz CT molecular complexity index is 937. The number of nitrogens with one attached hydrogen (secondary N) is 1. The molecular weight excluding hydrogens is 396 g/mol. The summed E-state index contributed by atoms with van der Waals surface area (Å²) in [5.74, 6) is -0.0876. The van der Waals surface area contributed by atoms with Gasteiger partial charge in [0, 0.05) is 30.2 Å². The van der Waals surface area contributed by atoms with Crippen LogP contribution in [0.4, 0.5) is 5.69 Å². The first-order valence-corrected chi connectivity index (χ1v) is 11.3. The van der Waals surface area contributed by atoms with Crippen molar-refractivity contribution < 1.29 is 13.2 Å². The zero-order chi connectivity index (χ0) is 20.1. The van der Waals surface area contributed by atoms with Crippen molar-refractivity contribution in [3.63, 3.8) is 0 Å². The van der Waals surface area contributed by atoms with Crippen molar-refractivity contribution in [2.75, 3.05) is 18.4 Å². The largest absolute Gasteiger partial charge is 0.326 e. The minimum absolute atomic E-state index is 0.0876. The van der Waals surface area contributed by atoms with Gasteiger partial charge in [-0.05, 0) is 67.6 Å². The molecule has 0 unspecified atom stereocenters. The molecular formula is C21H25ClN2O3S. The first-order chi connectivity index (χ1) is 13.4. The number of amides is 1. The fraction of sp³-hybridized carbons (Fsp3) is 0.381. The van der Waals surface area contributed by atoms with E-state index in [2.05, 4.69) is 5.32 Å². The number of nitrogens with zero attached hydrogens (tertiary/aromatic N) is 1. The Hall–Kier alpha value is -1.89. The molecule has 1 aliphatic heterocycles. The van der Waals surface area contributed by atoms with E-state index in [1.54, 1.807) is 46.8 Å². The van der Waals surface area contributed by atoms with Gasteiger partial charge in [-0.1, -0.05) is 30.2 Å². The molecule has 2 aromatic carbocycles. The summed E-state index contributed by atoms with van der Waals surface area (Å²) in [4.78, 5) is 12.5. The van der Waals surface area contributed by atoms with Gasteiger partial charge in [0.15, 0.2) is 0 Å². The van der Waals surface area contributed by atoms with E-state index in [4.69, 9.17) is 11.6 Å². The molecule has 0 atom stereocenters. The van der Waals surface area contributed by atoms with Gasteiger partial charge in [0.05, 0.1) is 4.90 Å². The summed E-state index contributed by atoms with van der Waals surface area (Å²) < 4.78 is 26.9. The molecule has 5 nitrogen and oxygen atoms in total. The minimum Gasteiger partial charge on any atom is -0.326 e. The number of benzene rings is 2. The molecule has 1 saturated heterocycles. The Balaban J connectivity index is 1.57. The molecule has 1 aliphatic rings. The number of aryl methyl sites for hydroxylation is 2. The molecule has 7 heteroatoms. The van der Waals surface area contributed by atoms with Crippen LogP contribution in [0, 0.1) is 6.92 Å². The molecule has 1 fully saturated rings. The summed E-state index contributed by atoms with van der Waals surface area (Å²) in [6.45, 7) is 3.08. The molecule has 0 aromatic heterocycles. The number of sulfonamides is 1. The molecule has 0 bridgehead atoms. The SMILES string of the molecule is Cc1cc(Cl)ccc1NC(=O)CCc1ccc(S(=O)(=O)N2CCCCC2)cc1. The predicted molar refractivity (Wildman–Crippen MR) is 112 cm³/mol. The van der Waals surface area contributed by atoms with Crippen LogP contribution < -0.4 is 5.32 Å². The highest BCUT2D eigenvalue weighted by Gasteiger charge is 2.25. The topological polar surface area (TPSA) is 66.5 Å². The Kier molecular flexibility index (Phi) is 6.75. The van der Waals surface area contributed by atoms with Crippen LogP contribution in [0.1, 0.15) is 36.8 Å². The van der Waals surface area contributed by atoms with Gasteiger partial charge in [-0.2, -0.15) is 4.31 Å². The molecule has 1 heterocycles. The molecule has 150 valence electrons. The van der Waals surface area contributed by atoms with E-state index in [1.807, 2.05) is 6.92 Å². The number of carbonyl (C=O) groups excluding carboxylic acids is 1. The van der Waals surface area contributed by atoms with E-state index in [9.17, 15) is 13.2 Å². The Labute approximate surface area is 171 Å². The summed E-state index contributed by atoms with van der Waals surface area (Å²) >= 11 is 5.93. The van der Waals surface area contributed by atoms with Crippen molar-refractivity contribution in [3.05, 3.63) is 58.6 Å². The Morgan fingerprint density at radius 1 is 1.07 bits per heavy atom. The number of anilines is 1. The number of rotatable bonds is 6. The first kappa shape index (κ1) is 20.8. The minimum atomic E-state index is -3.42. The Morgan fingerprint density at radius 3 is 2.39 bits per heavy atom. The van der Waals surface area contributed by atoms with Crippen LogP contribution in [-0.2, 0) is 21.2 Å². The summed E-state index contributed by atoms with van der Waals surface area (Å²) in [7, 11) is -3.42. The molecule has 0 radical (unpaired) electrons. The van der Waals surface area contributed by atoms with E-state index in [0.29, 0.717) is 35.8 Å². The average molecular weight is 421 g/mol. The van der Waals surface area contributed by atoms with Crippen LogP contribution in [0.2, 0.25) is 5.02 Å². The van der Waals surface area contributed by atoms with E-state index in [1.165, 1.54) is 0 Å². The number of halogens is 1. The fourth-order valence-electron chi connectivity index (χ4n) is 3.32. The van der Waals surface area contributed by atoms with E-state index in [0.717, 1.165) is 36.1 Å². The molecule has 2 aromatic rings. The lowest BCUT2D eigenvalue weighted by Gasteiger charge is -2.25. The van der Waals surface area contributed by atoms with Crippen molar-refractivity contribution in [2.24, 2.45) is 0 Å². The third-order valence-electron chi connectivity index (χ3n) is 4.98. The van der Waals surface area contributed by atoms with Gasteiger partial charge >= 0.3 is 0 Å². The van der Waals surface area contributed by atoms with Crippen LogP contribution in [0.15, 0.2) is 47.4 Å². The van der Waals surface area contributed by atoms with Crippen molar-refractivity contribution in [3.8, 4) is 0 Å². The van der Waals surface area contributed by atoms with Crippen molar-refractivity contribution in [1.82, 2.24) is 4.31 Å². The maximum absolute atomic E-state index is 12.7. The summed E-state index contributed by atoms with van der Waals surface area (Å²) in [6, 6.07) is 12.2. The average Bonchev–Trinajstić information content (AvgIpc) is 2.69. The van der Waals surface area contributed by atoms with Gasteiger partial charge < -0.3 is 5.32 Å². The summed E-state index contributed by atoms with van der Waals surface area (Å²) in [5, 5.41) is 3.52. The number of hydrogen-bond donors (Lipinski definition) is 1. The highest BCUT2D eigenvalue weighted by molar-refractivity contribution is 7.89. The van der Waals surface area contributed by atoms with Gasteiger partial charge in [-0.25, -0.2) is 8.42 Å². The van der Waals surface area contributed by atoms with Gasteiger partial charge in [0.1, 0.15) is 0 Å². The van der Waals surface area contributed by atoms with Gasteiger partial charge in [0.2, 0.25) is 15.9 Å². The second kappa shape index (κ2) is 9.07. The van der Waals surface area contributed by atoms with Crippen molar-refractivity contribution >= 4 is 33.2 Å². The van der Waals surface area contributed by atoms with Crippen LogP contribution in [-0.4, -0.2) is 31.7 Å². The maximum Gasteiger partial charge on any atom is 0.243 e. The monoisotopic (exact) mass is 420 g/mol. The van der Waals surface area contributed by atoms with E-state index >= 15 is 0 Å². The van der Waals surface area contributed by atoms with Gasteiger partial charge in [-0.15, -0.1) is 0 Å². The third-order valence-corrected chi connectivity index (χ3v) is 7.13. The molecule has 1 amide bonds. The number of hydrogen-bond acceptors (Lipinski definition) is 3. The quantitative estimate of drug-likeness (QED) is 0.753. The van der Waals surface area contributed by atoms with Crippen LogP contribution in [0.25, 0.3) is 0 Å². The summed E-state index contributed by atoms with van der Waals surface area (Å²) in [6.07, 6.45) is 3.78. The molecule has 0 spiro atoms. The highest BCUT2D eigenvalue weighted by Crippen LogP contribution is 2.22. The zero-order valence-corrected chi connectivity index (χ0v) is 17.5. The second-order valence-electron chi connectivity index (χ2n) is 7.12. The molecule has 3 rings (SSSR count). The highest BCUT2D eigenvalue weighted by atomic mass is 35.5. The smallest absolute Gasteiger partial charge is 0.243 e. The second-order valence-corrected chi connectivity index (χ2v) is 9.49. The van der Waals surface area contributed by atoms with Gasteiger partial charge in [-0.3, -0.25) is 4.79 Å². The number of piperidine rings is 1. The van der Waals surface area contributed by atoms with Crippen molar-refractivity contribution in [1.29, 1.82) is 0 Å². The third kappa shape index (κ3) is 5.13. The summed E-state index contributed by atoms with van der Waals surface area (Å²) in [5.41, 5.74) is 2.59. The molecule has 1 N–H and O–H groups in total.